The normalized spacial score (nSPS) is 13.4. The van der Waals surface area contributed by atoms with Crippen molar-refractivity contribution in [3.63, 3.8) is 0 Å². The van der Waals surface area contributed by atoms with Gasteiger partial charge in [-0.3, -0.25) is 0 Å². The molecule has 0 bridgehead atoms. The van der Waals surface area contributed by atoms with Gasteiger partial charge in [-0.2, -0.15) is 0 Å². The Balaban J connectivity index is 2.35. The number of ether oxygens (including phenoxy) is 1. The molecule has 1 N–H and O–H groups in total. The summed E-state index contributed by atoms with van der Waals surface area (Å²) in [4.78, 5) is 17.2. The SMILES string of the molecule is COC(=O)c1c(C(C)C)nc2c(c1-c1ccc(F)cc1)CCCN2. The van der Waals surface area contributed by atoms with Gasteiger partial charge in [0.05, 0.1) is 18.4 Å². The van der Waals surface area contributed by atoms with Crippen molar-refractivity contribution < 1.29 is 13.9 Å². The highest BCUT2D eigenvalue weighted by Gasteiger charge is 2.28. The third kappa shape index (κ3) is 2.86. The van der Waals surface area contributed by atoms with E-state index in [0.29, 0.717) is 11.3 Å². The second-order valence-corrected chi connectivity index (χ2v) is 6.26. The van der Waals surface area contributed by atoms with Gasteiger partial charge < -0.3 is 10.1 Å². The van der Waals surface area contributed by atoms with Crippen molar-refractivity contribution in [1.82, 2.24) is 4.98 Å². The van der Waals surface area contributed by atoms with E-state index >= 15 is 0 Å². The average Bonchev–Trinajstić information content (AvgIpc) is 2.60. The molecule has 0 saturated heterocycles. The fourth-order valence-electron chi connectivity index (χ4n) is 3.16. The number of halogens is 1. The van der Waals surface area contributed by atoms with Crippen LogP contribution in [-0.2, 0) is 11.2 Å². The van der Waals surface area contributed by atoms with Gasteiger partial charge in [0.1, 0.15) is 11.6 Å². The maximum Gasteiger partial charge on any atom is 0.340 e. The van der Waals surface area contributed by atoms with E-state index in [1.807, 2.05) is 13.8 Å². The number of rotatable bonds is 3. The number of hydrogen-bond donors (Lipinski definition) is 1. The number of aromatic nitrogens is 1. The molecule has 4 nitrogen and oxygen atoms in total. The van der Waals surface area contributed by atoms with Crippen molar-refractivity contribution in [3.8, 4) is 11.1 Å². The molecule has 0 unspecified atom stereocenters. The van der Waals surface area contributed by atoms with Crippen molar-refractivity contribution in [2.45, 2.75) is 32.6 Å². The fourth-order valence-corrected chi connectivity index (χ4v) is 3.16. The quantitative estimate of drug-likeness (QED) is 0.860. The van der Waals surface area contributed by atoms with Crippen LogP contribution in [0.4, 0.5) is 10.2 Å². The van der Waals surface area contributed by atoms with Crippen LogP contribution in [0.5, 0.6) is 0 Å². The second-order valence-electron chi connectivity index (χ2n) is 6.26. The minimum absolute atomic E-state index is 0.0623. The van der Waals surface area contributed by atoms with Crippen LogP contribution >= 0.6 is 0 Å². The maximum absolute atomic E-state index is 13.4. The number of anilines is 1. The summed E-state index contributed by atoms with van der Waals surface area (Å²) in [6, 6.07) is 6.23. The Hall–Kier alpha value is -2.43. The number of nitrogens with one attached hydrogen (secondary N) is 1. The first-order chi connectivity index (χ1) is 11.5. The molecule has 1 aliphatic rings. The summed E-state index contributed by atoms with van der Waals surface area (Å²) in [6.45, 7) is 4.86. The van der Waals surface area contributed by atoms with Gasteiger partial charge in [-0.05, 0) is 36.5 Å². The minimum Gasteiger partial charge on any atom is -0.465 e. The highest BCUT2D eigenvalue weighted by atomic mass is 19.1. The first-order valence-corrected chi connectivity index (χ1v) is 8.17. The van der Waals surface area contributed by atoms with Crippen molar-refractivity contribution in [2.24, 2.45) is 0 Å². The first-order valence-electron chi connectivity index (χ1n) is 8.17. The van der Waals surface area contributed by atoms with Crippen molar-refractivity contribution in [1.29, 1.82) is 0 Å². The van der Waals surface area contributed by atoms with E-state index in [9.17, 15) is 9.18 Å². The third-order valence-corrected chi connectivity index (χ3v) is 4.29. The van der Waals surface area contributed by atoms with Crippen LogP contribution in [0.3, 0.4) is 0 Å². The maximum atomic E-state index is 13.4. The molecule has 0 radical (unpaired) electrons. The molecule has 1 aromatic heterocycles. The predicted molar refractivity (Wildman–Crippen MR) is 91.9 cm³/mol. The zero-order chi connectivity index (χ0) is 17.3. The molecule has 0 amide bonds. The lowest BCUT2D eigenvalue weighted by Gasteiger charge is -2.25. The topological polar surface area (TPSA) is 51.2 Å². The molecular formula is C19H21FN2O2. The van der Waals surface area contributed by atoms with Crippen molar-refractivity contribution in [2.75, 3.05) is 19.0 Å². The van der Waals surface area contributed by atoms with Crippen LogP contribution in [0, 0.1) is 5.82 Å². The standard InChI is InChI=1S/C19H21FN2O2/c1-11(2)17-16(19(23)24-3)15(12-6-8-13(20)9-7-12)14-5-4-10-21-18(14)22-17/h6-9,11H,4-5,10H2,1-3H3,(H,21,22). The third-order valence-electron chi connectivity index (χ3n) is 4.29. The number of esters is 1. The van der Waals surface area contributed by atoms with Gasteiger partial charge in [-0.1, -0.05) is 26.0 Å². The summed E-state index contributed by atoms with van der Waals surface area (Å²) >= 11 is 0. The van der Waals surface area contributed by atoms with Gasteiger partial charge in [0.25, 0.3) is 0 Å². The lowest BCUT2D eigenvalue weighted by molar-refractivity contribution is 0.0599. The number of methoxy groups -OCH3 is 1. The Kier molecular flexibility index (Phi) is 4.51. The summed E-state index contributed by atoms with van der Waals surface area (Å²) in [6.07, 6.45) is 1.79. The van der Waals surface area contributed by atoms with Crippen LogP contribution in [0.1, 0.15) is 47.8 Å². The highest BCUT2D eigenvalue weighted by molar-refractivity contribution is 6.00. The number of nitrogens with zero attached hydrogens (tertiary/aromatic N) is 1. The number of carbonyl (C=O) groups is 1. The molecule has 5 heteroatoms. The van der Waals surface area contributed by atoms with Crippen LogP contribution < -0.4 is 5.32 Å². The summed E-state index contributed by atoms with van der Waals surface area (Å²) in [7, 11) is 1.37. The van der Waals surface area contributed by atoms with Crippen LogP contribution in [0.25, 0.3) is 11.1 Å². The Morgan fingerprint density at radius 2 is 2.00 bits per heavy atom. The van der Waals surface area contributed by atoms with E-state index in [1.165, 1.54) is 19.2 Å². The molecule has 126 valence electrons. The summed E-state index contributed by atoms with van der Waals surface area (Å²) in [5.41, 5.74) is 3.80. The zero-order valence-electron chi connectivity index (χ0n) is 14.1. The molecule has 2 heterocycles. The van der Waals surface area contributed by atoms with Crippen LogP contribution in [0.15, 0.2) is 24.3 Å². The van der Waals surface area contributed by atoms with Gasteiger partial charge >= 0.3 is 5.97 Å². The van der Waals surface area contributed by atoms with E-state index in [4.69, 9.17) is 9.72 Å². The van der Waals surface area contributed by atoms with Gasteiger partial charge in [-0.25, -0.2) is 14.2 Å². The number of fused-ring (bicyclic) bond motifs is 1. The monoisotopic (exact) mass is 328 g/mol. The fraction of sp³-hybridized carbons (Fsp3) is 0.368. The van der Waals surface area contributed by atoms with Crippen LogP contribution in [-0.4, -0.2) is 24.6 Å². The summed E-state index contributed by atoms with van der Waals surface area (Å²) in [5.74, 6) is 0.173. The van der Waals surface area contributed by atoms with Crippen molar-refractivity contribution in [3.05, 3.63) is 46.9 Å². The molecule has 24 heavy (non-hydrogen) atoms. The van der Waals surface area contributed by atoms with E-state index < -0.39 is 5.97 Å². The number of carbonyl (C=O) groups excluding carboxylic acids is 1. The smallest absolute Gasteiger partial charge is 0.340 e. The summed E-state index contributed by atoms with van der Waals surface area (Å²) in [5, 5.41) is 3.33. The van der Waals surface area contributed by atoms with Gasteiger partial charge in [0, 0.05) is 17.7 Å². The predicted octanol–water partition coefficient (Wildman–Crippen LogP) is 4.16. The van der Waals surface area contributed by atoms with Crippen LogP contribution in [0.2, 0.25) is 0 Å². The molecule has 0 saturated carbocycles. The Bertz CT molecular complexity index is 770. The molecular weight excluding hydrogens is 307 g/mol. The summed E-state index contributed by atoms with van der Waals surface area (Å²) < 4.78 is 18.4. The van der Waals surface area contributed by atoms with E-state index in [1.54, 1.807) is 12.1 Å². The molecule has 2 aromatic rings. The van der Waals surface area contributed by atoms with Crippen molar-refractivity contribution >= 4 is 11.8 Å². The lowest BCUT2D eigenvalue weighted by Crippen LogP contribution is -2.20. The zero-order valence-corrected chi connectivity index (χ0v) is 14.1. The van der Waals surface area contributed by atoms with E-state index in [0.717, 1.165) is 41.9 Å². The Morgan fingerprint density at radius 3 is 2.62 bits per heavy atom. The van der Waals surface area contributed by atoms with Gasteiger partial charge in [0.15, 0.2) is 0 Å². The molecule has 3 rings (SSSR count). The number of hydrogen-bond acceptors (Lipinski definition) is 4. The minimum atomic E-state index is -0.404. The van der Waals surface area contributed by atoms with Gasteiger partial charge in [-0.15, -0.1) is 0 Å². The lowest BCUT2D eigenvalue weighted by atomic mass is 9.88. The molecule has 1 aromatic carbocycles. The van der Waals surface area contributed by atoms with Gasteiger partial charge in [0.2, 0.25) is 0 Å². The molecule has 1 aliphatic heterocycles. The molecule has 0 aliphatic carbocycles. The average molecular weight is 328 g/mol. The van der Waals surface area contributed by atoms with E-state index in [2.05, 4.69) is 5.32 Å². The molecule has 0 spiro atoms. The molecule has 0 fully saturated rings. The Morgan fingerprint density at radius 1 is 1.29 bits per heavy atom. The first kappa shape index (κ1) is 16.4. The second kappa shape index (κ2) is 6.59. The number of pyridine rings is 1. The highest BCUT2D eigenvalue weighted by Crippen LogP contribution is 2.38. The largest absolute Gasteiger partial charge is 0.465 e. The Labute approximate surface area is 141 Å². The molecule has 0 atom stereocenters. The number of benzene rings is 1. The van der Waals surface area contributed by atoms with E-state index in [-0.39, 0.29) is 11.7 Å².